The Balaban J connectivity index is 0.000000343. The SMILES string of the molecule is CC(C)OC[C@@H]1[C@@H](c2ccc(Cl)c(Cl)c2)C[C@@H]2CC[C@H]1N2C.O=C(O)/C=C/C(=O)O. The van der Waals surface area contributed by atoms with Crippen LogP contribution in [0.5, 0.6) is 0 Å². The summed E-state index contributed by atoms with van der Waals surface area (Å²) < 4.78 is 6.00. The smallest absolute Gasteiger partial charge is 0.328 e. The molecule has 2 bridgehead atoms. The highest BCUT2D eigenvalue weighted by Crippen LogP contribution is 2.47. The summed E-state index contributed by atoms with van der Waals surface area (Å²) in [6, 6.07) is 7.45. The summed E-state index contributed by atoms with van der Waals surface area (Å²) in [7, 11) is 2.27. The van der Waals surface area contributed by atoms with Crippen LogP contribution >= 0.6 is 23.2 Å². The van der Waals surface area contributed by atoms with Gasteiger partial charge in [0, 0.05) is 30.2 Å². The lowest BCUT2D eigenvalue weighted by molar-refractivity contribution is -0.134. The third-order valence-electron chi connectivity index (χ3n) is 5.79. The summed E-state index contributed by atoms with van der Waals surface area (Å²) in [6.45, 7) is 5.04. The standard InChI is InChI=1S/C18H25Cl2NO.C4H4O4/c1-11(2)22-10-15-14(9-13-5-7-18(15)21(13)3)12-4-6-16(19)17(20)8-12;5-3(6)1-2-4(7)8/h4,6,8,11,13-15,18H,5,7,9-10H2,1-3H3;1-2H,(H,5,6)(H,7,8)/b;2-1+/t13-,14+,15+,18+;/m0./s1. The zero-order valence-electron chi connectivity index (χ0n) is 17.4. The summed E-state index contributed by atoms with van der Waals surface area (Å²) in [5.41, 5.74) is 1.32. The lowest BCUT2D eigenvalue weighted by Gasteiger charge is -2.43. The maximum absolute atomic E-state index is 9.55. The topological polar surface area (TPSA) is 87.1 Å². The van der Waals surface area contributed by atoms with Gasteiger partial charge in [-0.15, -0.1) is 0 Å². The van der Waals surface area contributed by atoms with Crippen LogP contribution in [0.4, 0.5) is 0 Å². The average Bonchev–Trinajstić information content (AvgIpc) is 2.91. The second-order valence-electron chi connectivity index (χ2n) is 8.04. The van der Waals surface area contributed by atoms with Gasteiger partial charge in [0.15, 0.2) is 0 Å². The average molecular weight is 458 g/mol. The molecule has 3 rings (SSSR count). The molecule has 0 amide bonds. The molecule has 2 saturated heterocycles. The zero-order chi connectivity index (χ0) is 22.4. The van der Waals surface area contributed by atoms with Gasteiger partial charge in [-0.25, -0.2) is 9.59 Å². The van der Waals surface area contributed by atoms with Crippen molar-refractivity contribution in [3.8, 4) is 0 Å². The molecule has 0 aliphatic carbocycles. The maximum Gasteiger partial charge on any atom is 0.328 e. The lowest BCUT2D eigenvalue weighted by Crippen LogP contribution is -2.47. The molecule has 1 aromatic rings. The Morgan fingerprint density at radius 1 is 1.17 bits per heavy atom. The molecule has 30 heavy (non-hydrogen) atoms. The molecule has 2 aliphatic rings. The van der Waals surface area contributed by atoms with E-state index in [0.717, 1.165) is 6.61 Å². The van der Waals surface area contributed by atoms with Crippen LogP contribution in [0.3, 0.4) is 0 Å². The molecule has 0 unspecified atom stereocenters. The Labute approximate surface area is 187 Å². The number of fused-ring (bicyclic) bond motifs is 2. The molecule has 2 fully saturated rings. The minimum atomic E-state index is -1.26. The van der Waals surface area contributed by atoms with Crippen LogP contribution in [-0.4, -0.2) is 58.9 Å². The van der Waals surface area contributed by atoms with E-state index in [1.165, 1.54) is 24.8 Å². The molecular formula is C22H29Cl2NO5. The Hall–Kier alpha value is -1.60. The summed E-state index contributed by atoms with van der Waals surface area (Å²) in [6.07, 6.45) is 5.17. The van der Waals surface area contributed by atoms with E-state index in [2.05, 4.69) is 37.9 Å². The molecule has 0 aromatic heterocycles. The minimum Gasteiger partial charge on any atom is -0.478 e. The van der Waals surface area contributed by atoms with Crippen molar-refractivity contribution in [1.29, 1.82) is 0 Å². The number of carbonyl (C=O) groups is 2. The van der Waals surface area contributed by atoms with E-state index in [0.29, 0.717) is 46.1 Å². The van der Waals surface area contributed by atoms with Crippen LogP contribution in [0.15, 0.2) is 30.4 Å². The predicted molar refractivity (Wildman–Crippen MR) is 117 cm³/mol. The highest BCUT2D eigenvalue weighted by molar-refractivity contribution is 6.42. The van der Waals surface area contributed by atoms with Crippen molar-refractivity contribution in [3.05, 3.63) is 46.0 Å². The van der Waals surface area contributed by atoms with Crippen molar-refractivity contribution >= 4 is 35.1 Å². The number of carboxylic acids is 2. The summed E-state index contributed by atoms with van der Waals surface area (Å²) in [5.74, 6) is -1.47. The van der Waals surface area contributed by atoms with Gasteiger partial charge in [0.25, 0.3) is 0 Å². The van der Waals surface area contributed by atoms with E-state index >= 15 is 0 Å². The fraction of sp³-hybridized carbons (Fsp3) is 0.545. The van der Waals surface area contributed by atoms with E-state index in [1.54, 1.807) is 0 Å². The quantitative estimate of drug-likeness (QED) is 0.602. The summed E-state index contributed by atoms with van der Waals surface area (Å²) in [4.78, 5) is 21.7. The molecule has 2 N–H and O–H groups in total. The predicted octanol–water partition coefficient (Wildman–Crippen LogP) is 4.70. The number of hydrogen-bond donors (Lipinski definition) is 2. The van der Waals surface area contributed by atoms with Crippen LogP contribution in [-0.2, 0) is 14.3 Å². The van der Waals surface area contributed by atoms with Crippen molar-refractivity contribution < 1.29 is 24.5 Å². The molecule has 1 aromatic carbocycles. The fourth-order valence-electron chi connectivity index (χ4n) is 4.38. The minimum absolute atomic E-state index is 0.277. The normalized spacial score (nSPS) is 25.9. The van der Waals surface area contributed by atoms with Gasteiger partial charge < -0.3 is 19.8 Å². The number of aliphatic carboxylic acids is 2. The molecule has 0 radical (unpaired) electrons. The third-order valence-corrected chi connectivity index (χ3v) is 6.53. The van der Waals surface area contributed by atoms with Gasteiger partial charge in [-0.3, -0.25) is 0 Å². The van der Waals surface area contributed by atoms with Crippen LogP contribution in [0.1, 0.15) is 44.6 Å². The molecule has 0 spiro atoms. The van der Waals surface area contributed by atoms with Crippen LogP contribution < -0.4 is 0 Å². The van der Waals surface area contributed by atoms with Crippen molar-refractivity contribution in [2.75, 3.05) is 13.7 Å². The number of carboxylic acid groups (broad SMARTS) is 2. The largest absolute Gasteiger partial charge is 0.478 e. The highest BCUT2D eigenvalue weighted by Gasteiger charge is 2.46. The first-order chi connectivity index (χ1) is 14.1. The first kappa shape index (κ1) is 24.7. The van der Waals surface area contributed by atoms with Gasteiger partial charge in [0.05, 0.1) is 22.8 Å². The summed E-state index contributed by atoms with van der Waals surface area (Å²) in [5, 5.41) is 16.9. The number of halogens is 2. The Morgan fingerprint density at radius 2 is 1.80 bits per heavy atom. The van der Waals surface area contributed by atoms with Crippen molar-refractivity contribution in [3.63, 3.8) is 0 Å². The Morgan fingerprint density at radius 3 is 2.33 bits per heavy atom. The van der Waals surface area contributed by atoms with Crippen molar-refractivity contribution in [1.82, 2.24) is 4.90 Å². The molecule has 6 nitrogen and oxygen atoms in total. The second-order valence-corrected chi connectivity index (χ2v) is 8.85. The van der Waals surface area contributed by atoms with Gasteiger partial charge in [-0.1, -0.05) is 29.3 Å². The van der Waals surface area contributed by atoms with Crippen LogP contribution in [0, 0.1) is 5.92 Å². The Bertz CT molecular complexity index is 767. The molecule has 8 heteroatoms. The maximum atomic E-state index is 9.55. The van der Waals surface area contributed by atoms with Gasteiger partial charge >= 0.3 is 11.9 Å². The van der Waals surface area contributed by atoms with Gasteiger partial charge in [0.2, 0.25) is 0 Å². The van der Waals surface area contributed by atoms with E-state index in [9.17, 15) is 9.59 Å². The number of nitrogens with zero attached hydrogens (tertiary/aromatic N) is 1. The lowest BCUT2D eigenvalue weighted by atomic mass is 9.76. The van der Waals surface area contributed by atoms with Gasteiger partial charge in [0.1, 0.15) is 0 Å². The molecule has 2 aliphatic heterocycles. The molecule has 0 saturated carbocycles. The molecule has 4 atom stereocenters. The highest BCUT2D eigenvalue weighted by atomic mass is 35.5. The number of benzene rings is 1. The number of rotatable bonds is 6. The van der Waals surface area contributed by atoms with Gasteiger partial charge in [-0.2, -0.15) is 0 Å². The van der Waals surface area contributed by atoms with Crippen LogP contribution in [0.2, 0.25) is 10.0 Å². The zero-order valence-corrected chi connectivity index (χ0v) is 18.9. The Kier molecular flexibility index (Phi) is 9.16. The first-order valence-electron chi connectivity index (χ1n) is 10.0. The van der Waals surface area contributed by atoms with Crippen molar-refractivity contribution in [2.45, 2.75) is 57.2 Å². The van der Waals surface area contributed by atoms with E-state index in [1.807, 2.05) is 6.07 Å². The number of piperidine rings is 1. The molecule has 166 valence electrons. The number of hydrogen-bond acceptors (Lipinski definition) is 4. The van der Waals surface area contributed by atoms with Gasteiger partial charge in [-0.05, 0) is 63.8 Å². The fourth-order valence-corrected chi connectivity index (χ4v) is 4.68. The third kappa shape index (κ3) is 6.71. The van der Waals surface area contributed by atoms with Crippen LogP contribution in [0.25, 0.3) is 0 Å². The second kappa shape index (κ2) is 11.1. The first-order valence-corrected chi connectivity index (χ1v) is 10.8. The van der Waals surface area contributed by atoms with E-state index in [4.69, 9.17) is 38.2 Å². The molecule has 2 heterocycles. The molecular weight excluding hydrogens is 429 g/mol. The van der Waals surface area contributed by atoms with E-state index < -0.39 is 11.9 Å². The van der Waals surface area contributed by atoms with Crippen molar-refractivity contribution in [2.24, 2.45) is 5.92 Å². The van der Waals surface area contributed by atoms with E-state index in [-0.39, 0.29) is 6.10 Å². The summed E-state index contributed by atoms with van der Waals surface area (Å²) >= 11 is 12.3. The monoisotopic (exact) mass is 457 g/mol. The number of ether oxygens (including phenoxy) is 1.